The highest BCUT2D eigenvalue weighted by molar-refractivity contribution is 7.10. The summed E-state index contributed by atoms with van der Waals surface area (Å²) in [7, 11) is 3.73. The highest BCUT2D eigenvalue weighted by atomic mass is 32.1. The molecule has 5 heteroatoms. The molecule has 0 aliphatic carbocycles. The number of likely N-dealkylation sites (N-methyl/N-ethyl adjacent to an activating group) is 1. The van der Waals surface area contributed by atoms with Gasteiger partial charge in [0.2, 0.25) is 5.91 Å². The van der Waals surface area contributed by atoms with Gasteiger partial charge >= 0.3 is 0 Å². The Morgan fingerprint density at radius 2 is 2.20 bits per heavy atom. The van der Waals surface area contributed by atoms with Crippen molar-refractivity contribution in [1.29, 1.82) is 0 Å². The van der Waals surface area contributed by atoms with Crippen LogP contribution in [0.3, 0.4) is 0 Å². The van der Waals surface area contributed by atoms with Crippen LogP contribution < -0.4 is 11.1 Å². The zero-order chi connectivity index (χ0) is 15.3. The van der Waals surface area contributed by atoms with E-state index in [0.29, 0.717) is 6.54 Å². The number of nitrogens with two attached hydrogens (primary N) is 1. The van der Waals surface area contributed by atoms with E-state index in [1.807, 2.05) is 6.92 Å². The van der Waals surface area contributed by atoms with Crippen molar-refractivity contribution in [3.05, 3.63) is 21.9 Å². The maximum Gasteiger partial charge on any atom is 0.223 e. The van der Waals surface area contributed by atoms with Crippen LogP contribution in [0.5, 0.6) is 0 Å². The van der Waals surface area contributed by atoms with Crippen LogP contribution in [-0.4, -0.2) is 37.5 Å². The minimum absolute atomic E-state index is 0.0446. The predicted molar refractivity (Wildman–Crippen MR) is 85.9 cm³/mol. The average Bonchev–Trinajstić information content (AvgIpc) is 2.83. The van der Waals surface area contributed by atoms with Crippen molar-refractivity contribution in [3.8, 4) is 0 Å². The second-order valence-electron chi connectivity index (χ2n) is 5.44. The lowest BCUT2D eigenvalue weighted by atomic mass is 9.99. The van der Waals surface area contributed by atoms with Crippen LogP contribution in [0.2, 0.25) is 0 Å². The molecule has 20 heavy (non-hydrogen) atoms. The number of hydrogen-bond acceptors (Lipinski definition) is 4. The van der Waals surface area contributed by atoms with Crippen LogP contribution in [-0.2, 0) is 4.79 Å². The zero-order valence-electron chi connectivity index (χ0n) is 13.1. The van der Waals surface area contributed by atoms with Gasteiger partial charge in [-0.2, -0.15) is 0 Å². The van der Waals surface area contributed by atoms with E-state index in [1.54, 1.807) is 18.4 Å². The smallest absolute Gasteiger partial charge is 0.223 e. The van der Waals surface area contributed by atoms with E-state index in [1.165, 1.54) is 10.4 Å². The molecule has 1 aromatic rings. The second-order valence-corrected chi connectivity index (χ2v) is 6.39. The van der Waals surface area contributed by atoms with Crippen molar-refractivity contribution < 1.29 is 4.79 Å². The Labute approximate surface area is 126 Å². The lowest BCUT2D eigenvalue weighted by Gasteiger charge is -2.33. The van der Waals surface area contributed by atoms with Crippen molar-refractivity contribution in [1.82, 2.24) is 10.2 Å². The fourth-order valence-electron chi connectivity index (χ4n) is 2.51. The normalized spacial score (nSPS) is 15.9. The molecule has 0 radical (unpaired) electrons. The molecule has 0 aliphatic rings. The van der Waals surface area contributed by atoms with E-state index in [9.17, 15) is 4.79 Å². The summed E-state index contributed by atoms with van der Waals surface area (Å²) in [6, 6.07) is 2.38. The Bertz CT molecular complexity index is 433. The van der Waals surface area contributed by atoms with Crippen molar-refractivity contribution in [2.75, 3.05) is 20.6 Å². The zero-order valence-corrected chi connectivity index (χ0v) is 14.0. The molecule has 0 saturated heterocycles. The summed E-state index contributed by atoms with van der Waals surface area (Å²) in [5.41, 5.74) is 7.61. The van der Waals surface area contributed by atoms with Gasteiger partial charge in [-0.25, -0.2) is 0 Å². The second kappa shape index (κ2) is 7.76. The summed E-state index contributed by atoms with van der Waals surface area (Å²) in [6.45, 7) is 6.88. The first kappa shape index (κ1) is 17.1. The van der Waals surface area contributed by atoms with Gasteiger partial charge < -0.3 is 11.1 Å². The van der Waals surface area contributed by atoms with Gasteiger partial charge in [-0.3, -0.25) is 9.69 Å². The minimum atomic E-state index is -0.0446. The van der Waals surface area contributed by atoms with E-state index in [-0.39, 0.29) is 23.9 Å². The van der Waals surface area contributed by atoms with Gasteiger partial charge in [-0.15, -0.1) is 11.3 Å². The summed E-state index contributed by atoms with van der Waals surface area (Å²) in [6.07, 6.45) is 0.917. The standard InChI is InChI=1S/C15H27N3OS/c1-6-12(16)13(14-10(2)7-8-20-14)18(5)9-11(3)15(19)17-4/h7-8,11-13H,6,9,16H2,1-5H3,(H,17,19). The maximum absolute atomic E-state index is 11.7. The minimum Gasteiger partial charge on any atom is -0.359 e. The fourth-order valence-corrected chi connectivity index (χ4v) is 3.67. The Hall–Kier alpha value is -0.910. The molecular formula is C15H27N3OS. The maximum atomic E-state index is 11.7. The molecule has 0 fully saturated rings. The van der Waals surface area contributed by atoms with Gasteiger partial charge in [0.05, 0.1) is 6.04 Å². The SMILES string of the molecule is CCC(N)C(c1sccc1C)N(C)CC(C)C(=O)NC. The monoisotopic (exact) mass is 297 g/mol. The average molecular weight is 297 g/mol. The van der Waals surface area contributed by atoms with Crippen LogP contribution >= 0.6 is 11.3 Å². The van der Waals surface area contributed by atoms with Gasteiger partial charge in [-0.1, -0.05) is 13.8 Å². The largest absolute Gasteiger partial charge is 0.359 e. The highest BCUT2D eigenvalue weighted by Crippen LogP contribution is 2.31. The van der Waals surface area contributed by atoms with E-state index in [4.69, 9.17) is 5.73 Å². The van der Waals surface area contributed by atoms with Crippen LogP contribution in [0.25, 0.3) is 0 Å². The molecule has 3 unspecified atom stereocenters. The number of nitrogens with one attached hydrogen (secondary N) is 1. The number of rotatable bonds is 7. The van der Waals surface area contributed by atoms with Gasteiger partial charge in [0, 0.05) is 30.4 Å². The van der Waals surface area contributed by atoms with Crippen molar-refractivity contribution in [3.63, 3.8) is 0 Å². The van der Waals surface area contributed by atoms with Crippen molar-refractivity contribution in [2.24, 2.45) is 11.7 Å². The third kappa shape index (κ3) is 4.04. The fraction of sp³-hybridized carbons (Fsp3) is 0.667. The molecule has 114 valence electrons. The Balaban J connectivity index is 2.89. The summed E-state index contributed by atoms with van der Waals surface area (Å²) < 4.78 is 0. The number of hydrogen-bond donors (Lipinski definition) is 2. The molecule has 1 rings (SSSR count). The Morgan fingerprint density at radius 1 is 1.55 bits per heavy atom. The molecule has 3 N–H and O–H groups in total. The Morgan fingerprint density at radius 3 is 2.65 bits per heavy atom. The number of aryl methyl sites for hydroxylation is 1. The highest BCUT2D eigenvalue weighted by Gasteiger charge is 2.27. The van der Waals surface area contributed by atoms with Crippen molar-refractivity contribution >= 4 is 17.2 Å². The lowest BCUT2D eigenvalue weighted by Crippen LogP contribution is -2.42. The number of nitrogens with zero attached hydrogens (tertiary/aromatic N) is 1. The molecular weight excluding hydrogens is 270 g/mol. The van der Waals surface area contributed by atoms with Crippen LogP contribution in [0.4, 0.5) is 0 Å². The quantitative estimate of drug-likeness (QED) is 0.811. The molecule has 1 aromatic heterocycles. The Kier molecular flexibility index (Phi) is 6.65. The van der Waals surface area contributed by atoms with Gasteiger partial charge in [0.1, 0.15) is 0 Å². The van der Waals surface area contributed by atoms with Gasteiger partial charge in [-0.05, 0) is 37.4 Å². The number of carbonyl (C=O) groups excluding carboxylic acids is 1. The number of thiophene rings is 1. The summed E-state index contributed by atoms with van der Waals surface area (Å²) in [5, 5.41) is 4.81. The molecule has 1 amide bonds. The van der Waals surface area contributed by atoms with E-state index < -0.39 is 0 Å². The van der Waals surface area contributed by atoms with E-state index in [0.717, 1.165) is 6.42 Å². The molecule has 0 aromatic carbocycles. The molecule has 1 heterocycles. The van der Waals surface area contributed by atoms with Gasteiger partial charge in [0.25, 0.3) is 0 Å². The molecule has 3 atom stereocenters. The first-order chi connectivity index (χ1) is 9.42. The molecule has 4 nitrogen and oxygen atoms in total. The van der Waals surface area contributed by atoms with E-state index in [2.05, 4.69) is 42.6 Å². The van der Waals surface area contributed by atoms with Crippen LogP contribution in [0.15, 0.2) is 11.4 Å². The molecule has 0 spiro atoms. The summed E-state index contributed by atoms with van der Waals surface area (Å²) in [4.78, 5) is 15.2. The summed E-state index contributed by atoms with van der Waals surface area (Å²) in [5.74, 6) is 0.0281. The van der Waals surface area contributed by atoms with Gasteiger partial charge in [0.15, 0.2) is 0 Å². The molecule has 0 bridgehead atoms. The van der Waals surface area contributed by atoms with E-state index >= 15 is 0 Å². The molecule has 0 aliphatic heterocycles. The third-order valence-corrected chi connectivity index (χ3v) is 4.87. The molecule has 0 saturated carbocycles. The third-order valence-electron chi connectivity index (χ3n) is 3.78. The number of carbonyl (C=O) groups is 1. The topological polar surface area (TPSA) is 58.4 Å². The predicted octanol–water partition coefficient (Wildman–Crippen LogP) is 2.15. The lowest BCUT2D eigenvalue weighted by molar-refractivity contribution is -0.124. The van der Waals surface area contributed by atoms with Crippen molar-refractivity contribution in [2.45, 2.75) is 39.3 Å². The summed E-state index contributed by atoms with van der Waals surface area (Å²) >= 11 is 1.75. The van der Waals surface area contributed by atoms with Crippen LogP contribution in [0.1, 0.15) is 36.8 Å². The first-order valence-corrected chi connectivity index (χ1v) is 8.01. The first-order valence-electron chi connectivity index (χ1n) is 7.13. The number of amides is 1. The van der Waals surface area contributed by atoms with Crippen LogP contribution in [0, 0.1) is 12.8 Å².